The number of carbonyl (C=O) groups is 2. The molecule has 0 unspecified atom stereocenters. The van der Waals surface area contributed by atoms with Gasteiger partial charge in [-0.2, -0.15) is 0 Å². The van der Waals surface area contributed by atoms with Gasteiger partial charge < -0.3 is 0 Å². The molecule has 0 saturated carbocycles. The first-order chi connectivity index (χ1) is 17.0. The first-order valence-electron chi connectivity index (χ1n) is 10.5. The van der Waals surface area contributed by atoms with Crippen LogP contribution in [-0.2, 0) is 64.9 Å². The van der Waals surface area contributed by atoms with Crippen LogP contribution in [0, 0.1) is 0 Å². The van der Waals surface area contributed by atoms with Gasteiger partial charge in [-0.3, -0.25) is 0 Å². The van der Waals surface area contributed by atoms with Crippen LogP contribution in [-0.4, -0.2) is 24.3 Å². The molecule has 0 aliphatic carbocycles. The van der Waals surface area contributed by atoms with Crippen LogP contribution in [0.5, 0.6) is 0 Å². The number of hydrogen-bond donors (Lipinski definition) is 0. The van der Waals surface area contributed by atoms with Crippen molar-refractivity contribution in [3.63, 3.8) is 0 Å². The number of hydrogen-bond acceptors (Lipinski definition) is 4. The molecule has 0 N–H and O–H groups in total. The summed E-state index contributed by atoms with van der Waals surface area (Å²) in [6.07, 6.45) is -10.3. The Kier molecular flexibility index (Phi) is 7.94. The molecule has 178 valence electrons. The molecule has 0 aliphatic heterocycles. The Labute approximate surface area is 225 Å². The maximum atomic E-state index is 12.8. The second-order valence-electron chi connectivity index (χ2n) is 7.79. The third-order valence-electron chi connectivity index (χ3n) is 5.46. The molecular formula is C24H12F6Hg2O4. The SMILES string of the molecule is O=C([O][Hg][c]1ccc2ccccc2c1-c1[c]([Hg][O]C(=O)C(F)(F)F)ccc2ccccc12)C(F)(F)F. The number of fused-ring (bicyclic) bond motifs is 2. The van der Waals surface area contributed by atoms with Crippen molar-refractivity contribution in [3.8, 4) is 11.1 Å². The molecule has 0 saturated heterocycles. The van der Waals surface area contributed by atoms with Crippen molar-refractivity contribution in [1.82, 2.24) is 0 Å². The van der Waals surface area contributed by atoms with Crippen molar-refractivity contribution in [2.45, 2.75) is 12.4 Å². The number of rotatable bonds is 5. The molecule has 0 heterocycles. The number of alkyl halides is 6. The fourth-order valence-corrected chi connectivity index (χ4v) is 13.1. The monoisotopic (exact) mass is 882 g/mol. The average molecular weight is 880 g/mol. The molecule has 12 heteroatoms. The van der Waals surface area contributed by atoms with E-state index < -0.39 is 74.4 Å². The summed E-state index contributed by atoms with van der Waals surface area (Å²) in [6, 6.07) is 20.7. The van der Waals surface area contributed by atoms with Crippen molar-refractivity contribution in [2.24, 2.45) is 0 Å². The zero-order valence-electron chi connectivity index (χ0n) is 18.2. The van der Waals surface area contributed by atoms with Gasteiger partial charge in [-0.25, -0.2) is 0 Å². The van der Waals surface area contributed by atoms with E-state index >= 15 is 0 Å². The van der Waals surface area contributed by atoms with Gasteiger partial charge in [0.25, 0.3) is 0 Å². The first-order valence-corrected chi connectivity index (χ1v) is 20.4. The maximum absolute atomic E-state index is 12.8. The summed E-state index contributed by atoms with van der Waals surface area (Å²) in [4.78, 5) is 22.9. The van der Waals surface area contributed by atoms with Gasteiger partial charge in [0.1, 0.15) is 0 Å². The molecule has 4 aromatic carbocycles. The van der Waals surface area contributed by atoms with E-state index in [-0.39, 0.29) is 0 Å². The Morgan fingerprint density at radius 1 is 0.556 bits per heavy atom. The quantitative estimate of drug-likeness (QED) is 0.207. The van der Waals surface area contributed by atoms with Gasteiger partial charge >= 0.3 is 227 Å². The minimum absolute atomic E-state index is 0.444. The third-order valence-corrected chi connectivity index (χ3v) is 15.6. The predicted octanol–water partition coefficient (Wildman–Crippen LogP) is 5.12. The second-order valence-corrected chi connectivity index (χ2v) is 18.2. The van der Waals surface area contributed by atoms with Crippen molar-refractivity contribution in [2.75, 3.05) is 0 Å². The number of benzene rings is 4. The van der Waals surface area contributed by atoms with E-state index in [0.29, 0.717) is 28.0 Å². The van der Waals surface area contributed by atoms with Crippen LogP contribution in [0.15, 0.2) is 72.8 Å². The molecule has 36 heavy (non-hydrogen) atoms. The molecule has 4 rings (SSSR count). The number of carbonyl (C=O) groups excluding carboxylic acids is 2. The van der Waals surface area contributed by atoms with Crippen LogP contribution in [0.4, 0.5) is 26.3 Å². The molecule has 0 aromatic heterocycles. The van der Waals surface area contributed by atoms with Crippen LogP contribution < -0.4 is 6.14 Å². The summed E-state index contributed by atoms with van der Waals surface area (Å²) in [7, 11) is 0. The van der Waals surface area contributed by atoms with E-state index in [1.807, 2.05) is 0 Å². The fraction of sp³-hybridized carbons (Fsp3) is 0.0833. The summed E-state index contributed by atoms with van der Waals surface area (Å²) in [5, 5.41) is 2.78. The molecule has 4 nitrogen and oxygen atoms in total. The molecule has 4 aromatic rings. The van der Waals surface area contributed by atoms with Gasteiger partial charge in [-0.1, -0.05) is 0 Å². The van der Waals surface area contributed by atoms with Crippen LogP contribution in [0.2, 0.25) is 0 Å². The standard InChI is InChI=1S/C20H12.2C2HF3O2.2Hg/c1-3-11-17-15(7-1)9-5-13-19(17)20-14-6-10-16-8-2-4-12-18(16)20;2*3-2(4,5)1(6)7;;/h1-12H;2*(H,6,7);;/q;;;2*+1/p-2. The van der Waals surface area contributed by atoms with E-state index in [4.69, 9.17) is 5.29 Å². The van der Waals surface area contributed by atoms with E-state index in [2.05, 4.69) is 0 Å². The number of halogens is 6. The normalized spacial score (nSPS) is 11.6. The van der Waals surface area contributed by atoms with Crippen LogP contribution in [0.3, 0.4) is 0 Å². The average Bonchev–Trinajstić information content (AvgIpc) is 2.84. The first kappa shape index (κ1) is 26.8. The fourth-order valence-electron chi connectivity index (χ4n) is 3.91. The molecule has 0 fully saturated rings. The summed E-state index contributed by atoms with van der Waals surface area (Å²) < 4.78 is 87.2. The Hall–Kier alpha value is -2.21. The summed E-state index contributed by atoms with van der Waals surface area (Å²) in [6.45, 7) is 0. The molecule has 0 atom stereocenters. The Balaban J connectivity index is 1.93. The molecule has 0 amide bonds. The van der Waals surface area contributed by atoms with Crippen molar-refractivity contribution in [3.05, 3.63) is 72.8 Å². The molecule has 0 radical (unpaired) electrons. The summed E-state index contributed by atoms with van der Waals surface area (Å²) in [5.41, 5.74) is 0.999. The van der Waals surface area contributed by atoms with Gasteiger partial charge in [0.15, 0.2) is 0 Å². The summed E-state index contributed by atoms with van der Waals surface area (Å²) >= 11 is -6.39. The van der Waals surface area contributed by atoms with Crippen LogP contribution in [0.1, 0.15) is 0 Å². The van der Waals surface area contributed by atoms with Crippen LogP contribution >= 0.6 is 0 Å². The van der Waals surface area contributed by atoms with Crippen molar-refractivity contribution in [1.29, 1.82) is 0 Å². The molecule has 0 aliphatic rings. The molecule has 0 spiro atoms. The Morgan fingerprint density at radius 2 is 0.917 bits per heavy atom. The molecule has 0 bridgehead atoms. The van der Waals surface area contributed by atoms with Gasteiger partial charge in [-0.05, 0) is 0 Å². The zero-order valence-corrected chi connectivity index (χ0v) is 29.2. The Bertz CT molecular complexity index is 1360. The Morgan fingerprint density at radius 3 is 1.28 bits per heavy atom. The zero-order chi connectivity index (χ0) is 26.1. The minimum atomic E-state index is -5.13. The van der Waals surface area contributed by atoms with Crippen molar-refractivity contribution < 1.29 is 91.3 Å². The van der Waals surface area contributed by atoms with E-state index in [0.717, 1.165) is 10.8 Å². The summed E-state index contributed by atoms with van der Waals surface area (Å²) in [5.74, 6) is -4.53. The van der Waals surface area contributed by atoms with Crippen molar-refractivity contribution >= 4 is 39.6 Å². The van der Waals surface area contributed by atoms with E-state index in [1.54, 1.807) is 72.8 Å². The van der Waals surface area contributed by atoms with Gasteiger partial charge in [0.05, 0.1) is 0 Å². The van der Waals surface area contributed by atoms with Crippen LogP contribution in [0.25, 0.3) is 32.7 Å². The van der Waals surface area contributed by atoms with Gasteiger partial charge in [-0.15, -0.1) is 0 Å². The van der Waals surface area contributed by atoms with Gasteiger partial charge in [0.2, 0.25) is 0 Å². The third kappa shape index (κ3) is 5.85. The predicted molar refractivity (Wildman–Crippen MR) is 110 cm³/mol. The second kappa shape index (κ2) is 10.6. The molecular weight excluding hydrogens is 867 g/mol. The topological polar surface area (TPSA) is 52.6 Å². The van der Waals surface area contributed by atoms with E-state index in [9.17, 15) is 35.9 Å². The van der Waals surface area contributed by atoms with Gasteiger partial charge in [0, 0.05) is 0 Å². The van der Waals surface area contributed by atoms with E-state index in [1.165, 1.54) is 0 Å².